The molecule has 1 aromatic rings. The van der Waals surface area contributed by atoms with Crippen LogP contribution in [0.2, 0.25) is 0 Å². The topological polar surface area (TPSA) is 52.3 Å². The highest BCUT2D eigenvalue weighted by Crippen LogP contribution is 2.50. The second kappa shape index (κ2) is 4.69. The molecule has 2 rings (SSSR count). The predicted molar refractivity (Wildman–Crippen MR) is 66.5 cm³/mol. The lowest BCUT2D eigenvalue weighted by Gasteiger charge is -2.17. The maximum Gasteiger partial charge on any atom is 0.316 e. The minimum atomic E-state index is -0.773. The van der Waals surface area contributed by atoms with E-state index in [1.165, 1.54) is 0 Å². The second-order valence-electron chi connectivity index (χ2n) is 4.80. The average molecular weight is 251 g/mol. The molecule has 0 radical (unpaired) electrons. The molecule has 1 aliphatic rings. The summed E-state index contributed by atoms with van der Waals surface area (Å²) in [6, 6.07) is 4.68. The van der Waals surface area contributed by atoms with Gasteiger partial charge in [0.25, 0.3) is 0 Å². The monoisotopic (exact) mass is 251 g/mol. The standard InChI is InChI=1S/C14H18FNO2/c1-3-18-13(17)14(7-8-14)11-6-4-5-10(9(2)16)12(11)15/h4-6,9H,3,7-8,16H2,1-2H3/t9-/m1/s1. The van der Waals surface area contributed by atoms with Crippen molar-refractivity contribution in [1.82, 2.24) is 0 Å². The lowest BCUT2D eigenvalue weighted by Crippen LogP contribution is -2.25. The van der Waals surface area contributed by atoms with E-state index in [1.807, 2.05) is 0 Å². The molecule has 0 aromatic heterocycles. The first-order chi connectivity index (χ1) is 8.53. The summed E-state index contributed by atoms with van der Waals surface area (Å²) in [5.41, 5.74) is 5.83. The van der Waals surface area contributed by atoms with Gasteiger partial charge in [0.15, 0.2) is 0 Å². The van der Waals surface area contributed by atoms with Gasteiger partial charge in [0, 0.05) is 17.2 Å². The van der Waals surface area contributed by atoms with Crippen LogP contribution in [-0.2, 0) is 14.9 Å². The van der Waals surface area contributed by atoms with Crippen molar-refractivity contribution in [3.8, 4) is 0 Å². The summed E-state index contributed by atoms with van der Waals surface area (Å²) in [5, 5.41) is 0. The Bertz CT molecular complexity index is 467. The Labute approximate surface area is 106 Å². The predicted octanol–water partition coefficient (Wildman–Crippen LogP) is 2.44. The van der Waals surface area contributed by atoms with Crippen LogP contribution in [-0.4, -0.2) is 12.6 Å². The molecule has 1 aliphatic carbocycles. The van der Waals surface area contributed by atoms with Crippen LogP contribution < -0.4 is 5.73 Å². The molecule has 0 unspecified atom stereocenters. The fourth-order valence-electron chi connectivity index (χ4n) is 2.25. The molecule has 3 nitrogen and oxygen atoms in total. The van der Waals surface area contributed by atoms with Crippen molar-refractivity contribution in [2.24, 2.45) is 5.73 Å². The van der Waals surface area contributed by atoms with Crippen molar-refractivity contribution in [2.75, 3.05) is 6.61 Å². The van der Waals surface area contributed by atoms with Crippen molar-refractivity contribution < 1.29 is 13.9 Å². The van der Waals surface area contributed by atoms with E-state index in [1.54, 1.807) is 32.0 Å². The van der Waals surface area contributed by atoms with Gasteiger partial charge in [-0.05, 0) is 26.7 Å². The summed E-state index contributed by atoms with van der Waals surface area (Å²) < 4.78 is 19.4. The van der Waals surface area contributed by atoms with Gasteiger partial charge in [0.1, 0.15) is 5.82 Å². The van der Waals surface area contributed by atoms with Gasteiger partial charge in [-0.2, -0.15) is 0 Å². The molecule has 1 aromatic carbocycles. The van der Waals surface area contributed by atoms with Crippen LogP contribution in [0.1, 0.15) is 43.9 Å². The summed E-state index contributed by atoms with van der Waals surface area (Å²) >= 11 is 0. The molecule has 0 bridgehead atoms. The minimum Gasteiger partial charge on any atom is -0.465 e. The largest absolute Gasteiger partial charge is 0.465 e. The fourth-order valence-corrected chi connectivity index (χ4v) is 2.25. The summed E-state index contributed by atoms with van der Waals surface area (Å²) in [6.45, 7) is 3.80. The molecule has 2 N–H and O–H groups in total. The van der Waals surface area contributed by atoms with Crippen LogP contribution in [0, 0.1) is 5.82 Å². The maximum absolute atomic E-state index is 14.4. The van der Waals surface area contributed by atoms with Crippen LogP contribution in [0.5, 0.6) is 0 Å². The van der Waals surface area contributed by atoms with Crippen LogP contribution in [0.25, 0.3) is 0 Å². The van der Waals surface area contributed by atoms with E-state index in [0.717, 1.165) is 0 Å². The lowest BCUT2D eigenvalue weighted by atomic mass is 9.92. The first-order valence-electron chi connectivity index (χ1n) is 6.24. The third kappa shape index (κ3) is 2.01. The van der Waals surface area contributed by atoms with Crippen LogP contribution in [0.3, 0.4) is 0 Å². The van der Waals surface area contributed by atoms with Crippen molar-refractivity contribution >= 4 is 5.97 Å². The van der Waals surface area contributed by atoms with E-state index in [0.29, 0.717) is 30.6 Å². The Morgan fingerprint density at radius 2 is 2.22 bits per heavy atom. The van der Waals surface area contributed by atoms with Crippen LogP contribution >= 0.6 is 0 Å². The Hall–Kier alpha value is -1.42. The lowest BCUT2D eigenvalue weighted by molar-refractivity contribution is -0.146. The number of hydrogen-bond donors (Lipinski definition) is 1. The Kier molecular flexibility index (Phi) is 3.39. The quantitative estimate of drug-likeness (QED) is 0.836. The second-order valence-corrected chi connectivity index (χ2v) is 4.80. The number of rotatable bonds is 4. The molecule has 1 atom stereocenters. The van der Waals surface area contributed by atoms with E-state index >= 15 is 0 Å². The Morgan fingerprint density at radius 3 is 2.72 bits per heavy atom. The van der Waals surface area contributed by atoms with Crippen molar-refractivity contribution in [3.05, 3.63) is 35.1 Å². The Morgan fingerprint density at radius 1 is 1.56 bits per heavy atom. The van der Waals surface area contributed by atoms with Gasteiger partial charge >= 0.3 is 5.97 Å². The number of ether oxygens (including phenoxy) is 1. The zero-order valence-electron chi connectivity index (χ0n) is 10.7. The Balaban J connectivity index is 2.40. The van der Waals surface area contributed by atoms with Gasteiger partial charge < -0.3 is 10.5 Å². The third-order valence-corrected chi connectivity index (χ3v) is 3.45. The normalized spacial score (nSPS) is 18.2. The van der Waals surface area contributed by atoms with Gasteiger partial charge in [-0.25, -0.2) is 4.39 Å². The number of hydrogen-bond acceptors (Lipinski definition) is 3. The van der Waals surface area contributed by atoms with Gasteiger partial charge in [0.05, 0.1) is 12.0 Å². The molecule has 98 valence electrons. The molecule has 4 heteroatoms. The van der Waals surface area contributed by atoms with Gasteiger partial charge in [0.2, 0.25) is 0 Å². The summed E-state index contributed by atoms with van der Waals surface area (Å²) in [5.74, 6) is -0.691. The average Bonchev–Trinajstić information content (AvgIpc) is 3.10. The first kappa shape index (κ1) is 13.0. The van der Waals surface area contributed by atoms with Crippen molar-refractivity contribution in [2.45, 2.75) is 38.1 Å². The molecule has 18 heavy (non-hydrogen) atoms. The summed E-state index contributed by atoms with van der Waals surface area (Å²) in [7, 11) is 0. The van der Waals surface area contributed by atoms with Gasteiger partial charge in [-0.3, -0.25) is 4.79 Å². The molecular formula is C14H18FNO2. The molecular weight excluding hydrogens is 233 g/mol. The fraction of sp³-hybridized carbons (Fsp3) is 0.500. The zero-order chi connectivity index (χ0) is 13.3. The van der Waals surface area contributed by atoms with Crippen molar-refractivity contribution in [3.63, 3.8) is 0 Å². The van der Waals surface area contributed by atoms with E-state index in [2.05, 4.69) is 0 Å². The molecule has 0 saturated heterocycles. The van der Waals surface area contributed by atoms with E-state index in [-0.39, 0.29) is 17.8 Å². The molecule has 0 spiro atoms. The van der Waals surface area contributed by atoms with E-state index in [9.17, 15) is 9.18 Å². The van der Waals surface area contributed by atoms with Crippen molar-refractivity contribution in [1.29, 1.82) is 0 Å². The number of carbonyl (C=O) groups is 1. The molecule has 0 aliphatic heterocycles. The molecule has 1 fully saturated rings. The first-order valence-corrected chi connectivity index (χ1v) is 6.24. The summed E-state index contributed by atoms with van der Waals surface area (Å²) in [4.78, 5) is 11.9. The zero-order valence-corrected chi connectivity index (χ0v) is 10.7. The highest BCUT2D eigenvalue weighted by molar-refractivity contribution is 5.86. The number of carbonyl (C=O) groups excluding carboxylic acids is 1. The number of halogens is 1. The smallest absolute Gasteiger partial charge is 0.316 e. The number of benzene rings is 1. The highest BCUT2D eigenvalue weighted by atomic mass is 19.1. The number of esters is 1. The van der Waals surface area contributed by atoms with Crippen LogP contribution in [0.15, 0.2) is 18.2 Å². The molecule has 0 amide bonds. The van der Waals surface area contributed by atoms with E-state index < -0.39 is 5.41 Å². The maximum atomic E-state index is 14.4. The third-order valence-electron chi connectivity index (χ3n) is 3.45. The molecule has 0 heterocycles. The van der Waals surface area contributed by atoms with Gasteiger partial charge in [-0.1, -0.05) is 18.2 Å². The minimum absolute atomic E-state index is 0.315. The number of nitrogens with two attached hydrogens (primary N) is 1. The highest BCUT2D eigenvalue weighted by Gasteiger charge is 2.54. The molecule has 1 saturated carbocycles. The SMILES string of the molecule is CCOC(=O)C1(c2cccc([C@@H](C)N)c2F)CC1. The van der Waals surface area contributed by atoms with E-state index in [4.69, 9.17) is 10.5 Å². The summed E-state index contributed by atoms with van der Waals surface area (Å²) in [6.07, 6.45) is 1.29. The van der Waals surface area contributed by atoms with Gasteiger partial charge in [-0.15, -0.1) is 0 Å². The van der Waals surface area contributed by atoms with Crippen LogP contribution in [0.4, 0.5) is 4.39 Å².